The molecule has 1 aromatic carbocycles. The molecule has 0 bridgehead atoms. The summed E-state index contributed by atoms with van der Waals surface area (Å²) in [6.07, 6.45) is 0. The maximum absolute atomic E-state index is 13.8. The van der Waals surface area contributed by atoms with Crippen LogP contribution in [-0.4, -0.2) is 52.6 Å². The Hall–Kier alpha value is -2.43. The van der Waals surface area contributed by atoms with Crippen molar-refractivity contribution in [1.29, 1.82) is 5.26 Å². The lowest BCUT2D eigenvalue weighted by Crippen LogP contribution is -2.48. The van der Waals surface area contributed by atoms with Gasteiger partial charge in [-0.15, -0.1) is 0 Å². The van der Waals surface area contributed by atoms with Crippen LogP contribution in [0.5, 0.6) is 0 Å². The second kappa shape index (κ2) is 9.38. The Labute approximate surface area is 175 Å². The van der Waals surface area contributed by atoms with Crippen LogP contribution in [0.2, 0.25) is 0 Å². The number of nitrogens with zero attached hydrogens (tertiary/aromatic N) is 4. The van der Waals surface area contributed by atoms with Gasteiger partial charge in [-0.05, 0) is 38.0 Å². The summed E-state index contributed by atoms with van der Waals surface area (Å²) in [4.78, 5) is 21.2. The second-order valence-electron chi connectivity index (χ2n) is 7.28. The van der Waals surface area contributed by atoms with Crippen LogP contribution >= 0.6 is 11.8 Å². The van der Waals surface area contributed by atoms with E-state index in [2.05, 4.69) is 16.0 Å². The SMILES string of the molecule is Cc1nc(SCC(=O)N2CCN(Cc3ccccc3F)CC2)c(C#N)c(C)c1C. The highest BCUT2D eigenvalue weighted by atomic mass is 32.2. The van der Waals surface area contributed by atoms with E-state index in [1.807, 2.05) is 31.7 Å². The molecule has 1 amide bonds. The molecule has 1 saturated heterocycles. The fraction of sp³-hybridized carbons (Fsp3) is 0.409. The Morgan fingerprint density at radius 1 is 1.17 bits per heavy atom. The molecule has 3 rings (SSSR count). The van der Waals surface area contributed by atoms with Crippen LogP contribution < -0.4 is 0 Å². The number of rotatable bonds is 5. The molecule has 152 valence electrons. The number of hydrogen-bond donors (Lipinski definition) is 0. The van der Waals surface area contributed by atoms with Gasteiger partial charge in [-0.2, -0.15) is 5.26 Å². The molecule has 0 saturated carbocycles. The van der Waals surface area contributed by atoms with Gasteiger partial charge in [0.2, 0.25) is 5.91 Å². The zero-order chi connectivity index (χ0) is 21.0. The summed E-state index contributed by atoms with van der Waals surface area (Å²) < 4.78 is 13.8. The van der Waals surface area contributed by atoms with E-state index in [1.165, 1.54) is 17.8 Å². The van der Waals surface area contributed by atoms with Gasteiger partial charge in [0, 0.05) is 44.0 Å². The van der Waals surface area contributed by atoms with Gasteiger partial charge in [-0.25, -0.2) is 9.37 Å². The van der Waals surface area contributed by atoms with Crippen LogP contribution in [0.4, 0.5) is 4.39 Å². The van der Waals surface area contributed by atoms with Gasteiger partial charge in [-0.1, -0.05) is 30.0 Å². The molecule has 0 radical (unpaired) electrons. The number of halogens is 1. The summed E-state index contributed by atoms with van der Waals surface area (Å²) in [6, 6.07) is 9.03. The van der Waals surface area contributed by atoms with E-state index in [4.69, 9.17) is 0 Å². The minimum atomic E-state index is -0.188. The number of piperazine rings is 1. The molecule has 7 heteroatoms. The first-order chi connectivity index (χ1) is 13.9. The standard InChI is InChI=1S/C22H25FN4OS/c1-15-16(2)19(12-24)22(25-17(15)3)29-14-21(28)27-10-8-26(9-11-27)13-18-6-4-5-7-20(18)23/h4-7H,8-11,13-14H2,1-3H3. The number of amides is 1. The molecule has 0 atom stereocenters. The van der Waals surface area contributed by atoms with Crippen LogP contribution in [0.25, 0.3) is 0 Å². The highest BCUT2D eigenvalue weighted by molar-refractivity contribution is 8.00. The minimum absolute atomic E-state index is 0.0436. The van der Waals surface area contributed by atoms with E-state index in [-0.39, 0.29) is 17.5 Å². The molecule has 1 aromatic heterocycles. The maximum Gasteiger partial charge on any atom is 0.233 e. The third-order valence-electron chi connectivity index (χ3n) is 5.48. The normalized spacial score (nSPS) is 14.7. The molecule has 0 spiro atoms. The lowest BCUT2D eigenvalue weighted by atomic mass is 10.1. The van der Waals surface area contributed by atoms with Gasteiger partial charge in [-0.3, -0.25) is 9.69 Å². The van der Waals surface area contributed by atoms with Crippen molar-refractivity contribution >= 4 is 17.7 Å². The first-order valence-corrected chi connectivity index (χ1v) is 10.6. The summed E-state index contributed by atoms with van der Waals surface area (Å²) >= 11 is 1.33. The second-order valence-corrected chi connectivity index (χ2v) is 8.24. The van der Waals surface area contributed by atoms with Crippen molar-refractivity contribution in [2.45, 2.75) is 32.3 Å². The first kappa shape index (κ1) is 21.3. The largest absolute Gasteiger partial charge is 0.339 e. The molecule has 2 aromatic rings. The van der Waals surface area contributed by atoms with Crippen molar-refractivity contribution < 1.29 is 9.18 Å². The maximum atomic E-state index is 13.8. The van der Waals surface area contributed by atoms with Crippen molar-refractivity contribution in [3.63, 3.8) is 0 Å². The molecule has 2 heterocycles. The Morgan fingerprint density at radius 2 is 1.86 bits per heavy atom. The van der Waals surface area contributed by atoms with Gasteiger partial charge < -0.3 is 4.90 Å². The molecule has 5 nitrogen and oxygen atoms in total. The van der Waals surface area contributed by atoms with E-state index < -0.39 is 0 Å². The third kappa shape index (κ3) is 4.95. The molecular formula is C22H25FN4OS. The van der Waals surface area contributed by atoms with Crippen molar-refractivity contribution in [1.82, 2.24) is 14.8 Å². The summed E-state index contributed by atoms with van der Waals surface area (Å²) in [7, 11) is 0. The molecule has 0 aliphatic carbocycles. The fourth-order valence-electron chi connectivity index (χ4n) is 3.39. The number of aryl methyl sites for hydroxylation is 1. The molecule has 0 unspecified atom stereocenters. The lowest BCUT2D eigenvalue weighted by molar-refractivity contribution is -0.130. The highest BCUT2D eigenvalue weighted by Gasteiger charge is 2.22. The molecule has 1 aliphatic rings. The smallest absolute Gasteiger partial charge is 0.233 e. The van der Waals surface area contributed by atoms with E-state index >= 15 is 0 Å². The molecule has 0 N–H and O–H groups in total. The van der Waals surface area contributed by atoms with Gasteiger partial charge >= 0.3 is 0 Å². The number of nitriles is 1. The Balaban J connectivity index is 1.54. The Morgan fingerprint density at radius 3 is 2.52 bits per heavy atom. The van der Waals surface area contributed by atoms with Gasteiger partial charge in [0.05, 0.1) is 11.3 Å². The lowest BCUT2D eigenvalue weighted by Gasteiger charge is -2.34. The molecule has 1 fully saturated rings. The number of hydrogen-bond acceptors (Lipinski definition) is 5. The zero-order valence-corrected chi connectivity index (χ0v) is 17.9. The van der Waals surface area contributed by atoms with E-state index in [1.54, 1.807) is 12.1 Å². The quantitative estimate of drug-likeness (QED) is 0.704. The summed E-state index contributed by atoms with van der Waals surface area (Å²) in [5, 5.41) is 10.1. The molecule has 29 heavy (non-hydrogen) atoms. The molecule has 1 aliphatic heterocycles. The van der Waals surface area contributed by atoms with Gasteiger partial charge in [0.15, 0.2) is 0 Å². The van der Waals surface area contributed by atoms with E-state index in [0.29, 0.717) is 35.8 Å². The predicted octanol–water partition coefficient (Wildman–Crippen LogP) is 3.45. The first-order valence-electron chi connectivity index (χ1n) is 9.65. The molecular weight excluding hydrogens is 387 g/mol. The fourth-order valence-corrected chi connectivity index (χ4v) is 4.38. The van der Waals surface area contributed by atoms with Crippen molar-refractivity contribution in [3.8, 4) is 6.07 Å². The van der Waals surface area contributed by atoms with Crippen molar-refractivity contribution in [2.24, 2.45) is 0 Å². The van der Waals surface area contributed by atoms with E-state index in [9.17, 15) is 14.4 Å². The van der Waals surface area contributed by atoms with E-state index in [0.717, 1.165) is 29.9 Å². The van der Waals surface area contributed by atoms with Crippen LogP contribution in [0, 0.1) is 37.9 Å². The number of carbonyl (C=O) groups excluding carboxylic acids is 1. The van der Waals surface area contributed by atoms with Crippen LogP contribution in [0.3, 0.4) is 0 Å². The van der Waals surface area contributed by atoms with Crippen molar-refractivity contribution in [2.75, 3.05) is 31.9 Å². The van der Waals surface area contributed by atoms with Crippen LogP contribution in [0.1, 0.15) is 27.9 Å². The Bertz CT molecular complexity index is 949. The average molecular weight is 413 g/mol. The third-order valence-corrected chi connectivity index (χ3v) is 6.44. The van der Waals surface area contributed by atoms with Gasteiger partial charge in [0.1, 0.15) is 16.9 Å². The predicted molar refractivity (Wildman–Crippen MR) is 112 cm³/mol. The monoisotopic (exact) mass is 412 g/mol. The zero-order valence-electron chi connectivity index (χ0n) is 17.0. The van der Waals surface area contributed by atoms with Crippen molar-refractivity contribution in [3.05, 3.63) is 58.0 Å². The summed E-state index contributed by atoms with van der Waals surface area (Å²) in [6.45, 7) is 9.04. The number of aromatic nitrogens is 1. The average Bonchev–Trinajstić information content (AvgIpc) is 2.72. The highest BCUT2D eigenvalue weighted by Crippen LogP contribution is 2.26. The number of carbonyl (C=O) groups is 1. The summed E-state index contributed by atoms with van der Waals surface area (Å²) in [5.74, 6) is 0.116. The number of thioether (sulfide) groups is 1. The van der Waals surface area contributed by atoms with Crippen LogP contribution in [-0.2, 0) is 11.3 Å². The van der Waals surface area contributed by atoms with Crippen LogP contribution in [0.15, 0.2) is 29.3 Å². The summed E-state index contributed by atoms with van der Waals surface area (Å²) in [5.41, 5.74) is 4.07. The number of pyridine rings is 1. The number of benzene rings is 1. The minimum Gasteiger partial charge on any atom is -0.339 e. The van der Waals surface area contributed by atoms with Gasteiger partial charge in [0.25, 0.3) is 0 Å². The topological polar surface area (TPSA) is 60.2 Å². The Kier molecular flexibility index (Phi) is 6.88.